The molecule has 0 unspecified atom stereocenters. The zero-order chi connectivity index (χ0) is 16.4. The van der Waals surface area contributed by atoms with Crippen LogP contribution in [0.15, 0.2) is 30.3 Å². The molecular formula is C19H24N2O2S. The van der Waals surface area contributed by atoms with E-state index in [-0.39, 0.29) is 5.92 Å². The molecule has 2 aliphatic heterocycles. The fourth-order valence-corrected chi connectivity index (χ4v) is 4.82. The van der Waals surface area contributed by atoms with Crippen LogP contribution in [-0.2, 0) is 16.1 Å². The smallest absolute Gasteiger partial charge is 0.225 e. The summed E-state index contributed by atoms with van der Waals surface area (Å²) < 4.78 is 6.71. The number of likely N-dealkylation sites (tertiary alicyclic amines) is 1. The topological polar surface area (TPSA) is 32.8 Å². The summed E-state index contributed by atoms with van der Waals surface area (Å²) in [6, 6.07) is 10.9. The van der Waals surface area contributed by atoms with E-state index in [4.69, 9.17) is 4.74 Å². The van der Waals surface area contributed by atoms with E-state index in [1.165, 1.54) is 15.0 Å². The molecule has 24 heavy (non-hydrogen) atoms. The van der Waals surface area contributed by atoms with Gasteiger partial charge in [0.15, 0.2) is 0 Å². The largest absolute Gasteiger partial charge is 0.378 e. The first-order valence-electron chi connectivity index (χ1n) is 8.86. The summed E-state index contributed by atoms with van der Waals surface area (Å²) in [4.78, 5) is 18.5. The molecule has 128 valence electrons. The van der Waals surface area contributed by atoms with Gasteiger partial charge in [-0.3, -0.25) is 9.69 Å². The molecule has 0 radical (unpaired) electrons. The van der Waals surface area contributed by atoms with E-state index in [0.29, 0.717) is 19.1 Å². The second-order valence-corrected chi connectivity index (χ2v) is 7.91. The van der Waals surface area contributed by atoms with Crippen LogP contribution >= 0.6 is 11.3 Å². The zero-order valence-corrected chi connectivity index (χ0v) is 14.8. The second kappa shape index (κ2) is 7.21. The summed E-state index contributed by atoms with van der Waals surface area (Å²) in [5, 5.41) is 1.34. The molecule has 0 bridgehead atoms. The number of carbonyl (C=O) groups is 1. The van der Waals surface area contributed by atoms with Crippen LogP contribution < -0.4 is 0 Å². The Morgan fingerprint density at radius 2 is 1.88 bits per heavy atom. The highest BCUT2D eigenvalue weighted by Gasteiger charge is 2.29. The predicted octanol–water partition coefficient (Wildman–Crippen LogP) is 2.97. The average Bonchev–Trinajstić information content (AvgIpc) is 3.05. The molecule has 0 saturated carbocycles. The summed E-state index contributed by atoms with van der Waals surface area (Å²) in [5.41, 5.74) is 0. The number of fused-ring (bicyclic) bond motifs is 1. The van der Waals surface area contributed by atoms with E-state index >= 15 is 0 Å². The van der Waals surface area contributed by atoms with Gasteiger partial charge in [0, 0.05) is 35.1 Å². The predicted molar refractivity (Wildman–Crippen MR) is 97.2 cm³/mol. The SMILES string of the molecule is O=C(C1CCN(Cc2cc3ccccc3s2)CC1)N1CCOCC1. The zero-order valence-electron chi connectivity index (χ0n) is 13.9. The van der Waals surface area contributed by atoms with Crippen LogP contribution in [-0.4, -0.2) is 55.1 Å². The number of piperidine rings is 1. The molecule has 1 aromatic carbocycles. The number of benzene rings is 1. The molecule has 0 spiro atoms. The number of amides is 1. The summed E-state index contributed by atoms with van der Waals surface area (Å²) in [6.07, 6.45) is 1.97. The lowest BCUT2D eigenvalue weighted by atomic mass is 9.95. The van der Waals surface area contributed by atoms with Crippen LogP contribution in [0.2, 0.25) is 0 Å². The number of hydrogen-bond donors (Lipinski definition) is 0. The molecule has 0 aliphatic carbocycles. The molecule has 2 aliphatic rings. The molecule has 1 aromatic heterocycles. The van der Waals surface area contributed by atoms with Gasteiger partial charge >= 0.3 is 0 Å². The van der Waals surface area contributed by atoms with Crippen molar-refractivity contribution in [2.75, 3.05) is 39.4 Å². The van der Waals surface area contributed by atoms with E-state index in [0.717, 1.165) is 45.6 Å². The Morgan fingerprint density at radius 3 is 2.62 bits per heavy atom. The fourth-order valence-electron chi connectivity index (χ4n) is 3.72. The fraction of sp³-hybridized carbons (Fsp3) is 0.526. The highest BCUT2D eigenvalue weighted by molar-refractivity contribution is 7.19. The Balaban J connectivity index is 1.31. The lowest BCUT2D eigenvalue weighted by Crippen LogP contribution is -2.46. The number of thiophene rings is 1. The standard InChI is InChI=1S/C19H24N2O2S/c22-19(21-9-11-23-12-10-21)15-5-7-20(8-6-15)14-17-13-16-3-1-2-4-18(16)24-17/h1-4,13,15H,5-12,14H2. The minimum absolute atomic E-state index is 0.210. The minimum atomic E-state index is 0.210. The maximum atomic E-state index is 12.6. The Bertz CT molecular complexity index is 667. The van der Waals surface area contributed by atoms with Crippen molar-refractivity contribution in [2.45, 2.75) is 19.4 Å². The normalized spacial score (nSPS) is 20.6. The third-order valence-corrected chi connectivity index (χ3v) is 6.22. The van der Waals surface area contributed by atoms with Crippen LogP contribution in [0, 0.1) is 5.92 Å². The van der Waals surface area contributed by atoms with Gasteiger partial charge in [0.25, 0.3) is 0 Å². The number of carbonyl (C=O) groups excluding carboxylic acids is 1. The van der Waals surface area contributed by atoms with E-state index < -0.39 is 0 Å². The van der Waals surface area contributed by atoms with Gasteiger partial charge in [0.05, 0.1) is 13.2 Å². The minimum Gasteiger partial charge on any atom is -0.378 e. The van der Waals surface area contributed by atoms with Crippen LogP contribution in [0.25, 0.3) is 10.1 Å². The quantitative estimate of drug-likeness (QED) is 0.858. The molecule has 2 saturated heterocycles. The Kier molecular flexibility index (Phi) is 4.83. The first kappa shape index (κ1) is 16.1. The Hall–Kier alpha value is -1.43. The van der Waals surface area contributed by atoms with Crippen molar-refractivity contribution in [3.63, 3.8) is 0 Å². The van der Waals surface area contributed by atoms with Gasteiger partial charge in [-0.15, -0.1) is 11.3 Å². The van der Waals surface area contributed by atoms with Gasteiger partial charge in [-0.1, -0.05) is 18.2 Å². The highest BCUT2D eigenvalue weighted by atomic mass is 32.1. The lowest BCUT2D eigenvalue weighted by molar-refractivity contribution is -0.141. The Labute approximate surface area is 147 Å². The molecule has 4 rings (SSSR count). The number of nitrogens with zero attached hydrogens (tertiary/aromatic N) is 2. The molecule has 1 amide bonds. The van der Waals surface area contributed by atoms with Gasteiger partial charge in [-0.05, 0) is 43.5 Å². The monoisotopic (exact) mass is 344 g/mol. The van der Waals surface area contributed by atoms with Crippen LogP contribution in [0.1, 0.15) is 17.7 Å². The molecule has 3 heterocycles. The lowest BCUT2D eigenvalue weighted by Gasteiger charge is -2.35. The molecule has 4 nitrogen and oxygen atoms in total. The van der Waals surface area contributed by atoms with Gasteiger partial charge < -0.3 is 9.64 Å². The number of ether oxygens (including phenoxy) is 1. The molecule has 0 atom stereocenters. The van der Waals surface area contributed by atoms with Crippen molar-refractivity contribution in [2.24, 2.45) is 5.92 Å². The van der Waals surface area contributed by atoms with Gasteiger partial charge in [-0.25, -0.2) is 0 Å². The maximum absolute atomic E-state index is 12.6. The van der Waals surface area contributed by atoms with Crippen LogP contribution in [0.5, 0.6) is 0 Å². The van der Waals surface area contributed by atoms with Crippen molar-refractivity contribution in [3.05, 3.63) is 35.2 Å². The van der Waals surface area contributed by atoms with Crippen molar-refractivity contribution in [3.8, 4) is 0 Å². The van der Waals surface area contributed by atoms with E-state index in [2.05, 4.69) is 35.2 Å². The van der Waals surface area contributed by atoms with Crippen molar-refractivity contribution in [1.29, 1.82) is 0 Å². The number of rotatable bonds is 3. The third kappa shape index (κ3) is 3.48. The summed E-state index contributed by atoms with van der Waals surface area (Å²) in [6.45, 7) is 5.97. The summed E-state index contributed by atoms with van der Waals surface area (Å²) in [7, 11) is 0. The van der Waals surface area contributed by atoms with E-state index in [1.54, 1.807) is 0 Å². The summed E-state index contributed by atoms with van der Waals surface area (Å²) >= 11 is 1.89. The number of hydrogen-bond acceptors (Lipinski definition) is 4. The van der Waals surface area contributed by atoms with Crippen molar-refractivity contribution < 1.29 is 9.53 Å². The third-order valence-electron chi connectivity index (χ3n) is 5.12. The molecule has 2 fully saturated rings. The molecule has 5 heteroatoms. The first-order valence-corrected chi connectivity index (χ1v) is 9.67. The van der Waals surface area contributed by atoms with Crippen molar-refractivity contribution in [1.82, 2.24) is 9.80 Å². The highest BCUT2D eigenvalue weighted by Crippen LogP contribution is 2.28. The van der Waals surface area contributed by atoms with E-state index in [9.17, 15) is 4.79 Å². The first-order chi connectivity index (χ1) is 11.8. The van der Waals surface area contributed by atoms with Gasteiger partial charge in [0.2, 0.25) is 5.91 Å². The molecule has 2 aromatic rings. The number of morpholine rings is 1. The molecular weight excluding hydrogens is 320 g/mol. The molecule has 0 N–H and O–H groups in total. The van der Waals surface area contributed by atoms with E-state index in [1.807, 2.05) is 16.2 Å². The van der Waals surface area contributed by atoms with Crippen LogP contribution in [0.3, 0.4) is 0 Å². The maximum Gasteiger partial charge on any atom is 0.225 e. The van der Waals surface area contributed by atoms with Crippen LogP contribution in [0.4, 0.5) is 0 Å². The van der Waals surface area contributed by atoms with Gasteiger partial charge in [-0.2, -0.15) is 0 Å². The average molecular weight is 344 g/mol. The van der Waals surface area contributed by atoms with Gasteiger partial charge in [0.1, 0.15) is 0 Å². The Morgan fingerprint density at radius 1 is 1.12 bits per heavy atom. The second-order valence-electron chi connectivity index (χ2n) is 6.74. The van der Waals surface area contributed by atoms with Crippen molar-refractivity contribution >= 4 is 27.3 Å². The summed E-state index contributed by atoms with van der Waals surface area (Å²) in [5.74, 6) is 0.557.